The average Bonchev–Trinajstić information content (AvgIpc) is 3.24. The molecular formula is C26H32FN5O3. The first kappa shape index (κ1) is 23.5. The van der Waals surface area contributed by atoms with Crippen LogP contribution in [-0.2, 0) is 16.8 Å². The molecule has 0 spiro atoms. The first-order chi connectivity index (χ1) is 16.6. The van der Waals surface area contributed by atoms with Gasteiger partial charge in [0.15, 0.2) is 0 Å². The summed E-state index contributed by atoms with van der Waals surface area (Å²) in [5.74, 6) is 0.525. The number of anilines is 1. The first-order valence-electron chi connectivity index (χ1n) is 12.0. The molecule has 1 saturated heterocycles. The van der Waals surface area contributed by atoms with Gasteiger partial charge in [-0.3, -0.25) is 4.40 Å². The highest BCUT2D eigenvalue weighted by molar-refractivity contribution is 5.69. The smallest absolute Gasteiger partial charge is 0.410 e. The molecule has 1 aliphatic carbocycles. The number of carbonyl (C=O) groups is 1. The van der Waals surface area contributed by atoms with Gasteiger partial charge in [-0.15, -0.1) is 0 Å². The maximum Gasteiger partial charge on any atom is 0.410 e. The molecule has 5 rings (SSSR count). The van der Waals surface area contributed by atoms with Crippen LogP contribution in [0.1, 0.15) is 51.7 Å². The van der Waals surface area contributed by atoms with E-state index in [4.69, 9.17) is 9.72 Å². The topological polar surface area (TPSA) is 92.0 Å². The summed E-state index contributed by atoms with van der Waals surface area (Å²) in [6.07, 6.45) is 4.27. The van der Waals surface area contributed by atoms with Crippen LogP contribution in [-0.4, -0.2) is 61.4 Å². The Morgan fingerprint density at radius 1 is 1.31 bits per heavy atom. The van der Waals surface area contributed by atoms with Crippen molar-refractivity contribution in [3.63, 3.8) is 0 Å². The SMILES string of the molecule is CC(C)(C)OC(=O)N1C[C@H](Nc2cccc(-c3cnc4cc(CO)c(C5(C)CC5)cn34)n2)[C@@H](F)C1. The molecule has 0 unspecified atom stereocenters. The molecule has 3 aromatic heterocycles. The Bertz CT molecular complexity index is 1260. The van der Waals surface area contributed by atoms with Crippen molar-refractivity contribution < 1.29 is 19.0 Å². The fraction of sp³-hybridized carbons (Fsp3) is 0.500. The molecule has 2 fully saturated rings. The zero-order chi connectivity index (χ0) is 25.0. The number of hydrogen-bond acceptors (Lipinski definition) is 6. The highest BCUT2D eigenvalue weighted by Crippen LogP contribution is 2.49. The number of likely N-dealkylation sites (tertiary alicyclic amines) is 1. The summed E-state index contributed by atoms with van der Waals surface area (Å²) in [5.41, 5.74) is 3.75. The number of nitrogens with one attached hydrogen (secondary N) is 1. The number of aliphatic hydroxyl groups excluding tert-OH is 1. The lowest BCUT2D eigenvalue weighted by Gasteiger charge is -2.24. The predicted octanol–water partition coefficient (Wildman–Crippen LogP) is 4.31. The van der Waals surface area contributed by atoms with Gasteiger partial charge in [-0.1, -0.05) is 13.0 Å². The highest BCUT2D eigenvalue weighted by Gasteiger charge is 2.41. The van der Waals surface area contributed by atoms with Crippen molar-refractivity contribution in [2.24, 2.45) is 0 Å². The van der Waals surface area contributed by atoms with Gasteiger partial charge in [0.2, 0.25) is 0 Å². The van der Waals surface area contributed by atoms with E-state index < -0.39 is 23.9 Å². The molecule has 1 saturated carbocycles. The third-order valence-electron chi connectivity index (χ3n) is 6.80. The van der Waals surface area contributed by atoms with Crippen LogP contribution in [0.15, 0.2) is 36.7 Å². The van der Waals surface area contributed by atoms with E-state index in [1.807, 2.05) is 22.6 Å². The molecule has 2 atom stereocenters. The zero-order valence-corrected chi connectivity index (χ0v) is 20.6. The number of amides is 1. The van der Waals surface area contributed by atoms with E-state index in [9.17, 15) is 14.3 Å². The Balaban J connectivity index is 1.38. The van der Waals surface area contributed by atoms with Gasteiger partial charge in [-0.25, -0.2) is 19.2 Å². The molecule has 186 valence electrons. The molecule has 4 heterocycles. The third-order valence-corrected chi connectivity index (χ3v) is 6.80. The lowest BCUT2D eigenvalue weighted by molar-refractivity contribution is 0.0283. The van der Waals surface area contributed by atoms with Crippen molar-refractivity contribution in [1.29, 1.82) is 0 Å². The molecule has 2 N–H and O–H groups in total. The summed E-state index contributed by atoms with van der Waals surface area (Å²) in [5, 5.41) is 13.0. The quantitative estimate of drug-likeness (QED) is 0.564. The number of aromatic nitrogens is 3. The van der Waals surface area contributed by atoms with Gasteiger partial charge in [0, 0.05) is 12.7 Å². The number of ether oxygens (including phenoxy) is 1. The van der Waals surface area contributed by atoms with Gasteiger partial charge in [0.25, 0.3) is 0 Å². The first-order valence-corrected chi connectivity index (χ1v) is 12.0. The molecule has 0 aromatic carbocycles. The maximum atomic E-state index is 14.8. The number of fused-ring (bicyclic) bond motifs is 1. The van der Waals surface area contributed by atoms with E-state index in [0.29, 0.717) is 11.5 Å². The van der Waals surface area contributed by atoms with Gasteiger partial charge in [-0.2, -0.15) is 0 Å². The summed E-state index contributed by atoms with van der Waals surface area (Å²) >= 11 is 0. The van der Waals surface area contributed by atoms with Gasteiger partial charge < -0.3 is 20.1 Å². The molecule has 35 heavy (non-hydrogen) atoms. The minimum atomic E-state index is -1.23. The molecule has 0 bridgehead atoms. The van der Waals surface area contributed by atoms with E-state index in [0.717, 1.165) is 35.3 Å². The van der Waals surface area contributed by atoms with Gasteiger partial charge >= 0.3 is 6.09 Å². The standard InChI is InChI=1S/C26H32FN5O3/c1-25(2,3)35-24(34)31-13-18(27)20(14-31)30-22-7-5-6-19(29-22)21-11-28-23-10-16(15-33)17(12-32(21)23)26(4)8-9-26/h5-7,10-12,18,20,33H,8-9,13-15H2,1-4H3,(H,29,30)/t18-,20-/m0/s1. The van der Waals surface area contributed by atoms with Crippen LogP contribution < -0.4 is 5.32 Å². The number of alkyl halides is 1. The van der Waals surface area contributed by atoms with Crippen LogP contribution in [0.2, 0.25) is 0 Å². The zero-order valence-electron chi connectivity index (χ0n) is 20.6. The number of hydrogen-bond donors (Lipinski definition) is 2. The Morgan fingerprint density at radius 3 is 2.77 bits per heavy atom. The molecule has 3 aromatic rings. The molecule has 1 amide bonds. The van der Waals surface area contributed by atoms with Crippen LogP contribution in [0.4, 0.5) is 15.0 Å². The maximum absolute atomic E-state index is 14.8. The van der Waals surface area contributed by atoms with Crippen LogP contribution in [0.5, 0.6) is 0 Å². The monoisotopic (exact) mass is 481 g/mol. The van der Waals surface area contributed by atoms with E-state index >= 15 is 0 Å². The van der Waals surface area contributed by atoms with E-state index in [1.165, 1.54) is 4.90 Å². The second kappa shape index (κ2) is 8.48. The number of carbonyl (C=O) groups excluding carboxylic acids is 1. The fourth-order valence-electron chi connectivity index (χ4n) is 4.61. The van der Waals surface area contributed by atoms with Crippen molar-refractivity contribution in [2.45, 2.75) is 70.4 Å². The van der Waals surface area contributed by atoms with Crippen molar-refractivity contribution in [1.82, 2.24) is 19.3 Å². The summed E-state index contributed by atoms with van der Waals surface area (Å²) in [7, 11) is 0. The summed E-state index contributed by atoms with van der Waals surface area (Å²) in [6.45, 7) is 7.74. The molecule has 1 aliphatic heterocycles. The predicted molar refractivity (Wildman–Crippen MR) is 131 cm³/mol. The normalized spacial score (nSPS) is 21.4. The van der Waals surface area contributed by atoms with E-state index in [-0.39, 0.29) is 25.1 Å². The number of halogens is 1. The van der Waals surface area contributed by atoms with Gasteiger partial charge in [0.1, 0.15) is 23.2 Å². The minimum absolute atomic E-state index is 0.0196. The second-order valence-corrected chi connectivity index (χ2v) is 10.9. The minimum Gasteiger partial charge on any atom is -0.444 e. The van der Waals surface area contributed by atoms with Crippen LogP contribution in [0.25, 0.3) is 17.0 Å². The molecule has 2 aliphatic rings. The Morgan fingerprint density at radius 2 is 2.09 bits per heavy atom. The highest BCUT2D eigenvalue weighted by atomic mass is 19.1. The van der Waals surface area contributed by atoms with E-state index in [1.54, 1.807) is 33.0 Å². The van der Waals surface area contributed by atoms with Crippen molar-refractivity contribution in [2.75, 3.05) is 18.4 Å². The molecular weight excluding hydrogens is 449 g/mol. The lowest BCUT2D eigenvalue weighted by atomic mass is 9.95. The molecule has 0 radical (unpaired) electrons. The summed E-state index contributed by atoms with van der Waals surface area (Å²) in [4.78, 5) is 23.0. The van der Waals surface area contributed by atoms with Crippen molar-refractivity contribution >= 4 is 17.6 Å². The summed E-state index contributed by atoms with van der Waals surface area (Å²) in [6, 6.07) is 6.89. The van der Waals surface area contributed by atoms with Gasteiger partial charge in [0.05, 0.1) is 36.8 Å². The third kappa shape index (κ3) is 4.69. The number of pyridine rings is 2. The number of rotatable bonds is 5. The number of nitrogens with zero attached hydrogens (tertiary/aromatic N) is 4. The Labute approximate surface area is 204 Å². The largest absolute Gasteiger partial charge is 0.444 e. The fourth-order valence-corrected chi connectivity index (χ4v) is 4.61. The molecule has 9 heteroatoms. The van der Waals surface area contributed by atoms with Crippen LogP contribution >= 0.6 is 0 Å². The molecule has 8 nitrogen and oxygen atoms in total. The summed E-state index contributed by atoms with van der Waals surface area (Å²) < 4.78 is 22.1. The van der Waals surface area contributed by atoms with E-state index in [2.05, 4.69) is 23.4 Å². The Hall–Kier alpha value is -3.20. The number of imidazole rings is 1. The van der Waals surface area contributed by atoms with Gasteiger partial charge in [-0.05, 0) is 68.4 Å². The lowest BCUT2D eigenvalue weighted by Crippen LogP contribution is -2.36. The van der Waals surface area contributed by atoms with Crippen molar-refractivity contribution in [3.8, 4) is 11.4 Å². The number of aliphatic hydroxyl groups is 1. The second-order valence-electron chi connectivity index (χ2n) is 10.9. The van der Waals surface area contributed by atoms with Crippen LogP contribution in [0.3, 0.4) is 0 Å². The Kier molecular flexibility index (Phi) is 5.70. The average molecular weight is 482 g/mol. The van der Waals surface area contributed by atoms with Crippen LogP contribution in [0, 0.1) is 0 Å². The van der Waals surface area contributed by atoms with Crippen molar-refractivity contribution in [3.05, 3.63) is 47.8 Å².